The van der Waals surface area contributed by atoms with Gasteiger partial charge in [-0.25, -0.2) is 0 Å². The molecule has 1 fully saturated rings. The minimum Gasteiger partial charge on any atom is -0.480 e. The molecule has 1 aliphatic carbocycles. The third-order valence-corrected chi connectivity index (χ3v) is 2.20. The van der Waals surface area contributed by atoms with Crippen molar-refractivity contribution in [3.63, 3.8) is 0 Å². The first-order valence-corrected chi connectivity index (χ1v) is 4.76. The molecule has 5 nitrogen and oxygen atoms in total. The van der Waals surface area contributed by atoms with Gasteiger partial charge >= 0.3 is 5.97 Å². The van der Waals surface area contributed by atoms with Crippen LogP contribution < -0.4 is 5.32 Å². The number of aliphatic carboxylic acids is 1. The Morgan fingerprint density at radius 3 is 2.64 bits per heavy atom. The highest BCUT2D eigenvalue weighted by Gasteiger charge is 2.21. The Kier molecular flexibility index (Phi) is 3.88. The smallest absolute Gasteiger partial charge is 0.323 e. The average molecular weight is 200 g/mol. The van der Waals surface area contributed by atoms with Gasteiger partial charge < -0.3 is 15.3 Å². The van der Waals surface area contributed by atoms with Crippen molar-refractivity contribution in [2.75, 3.05) is 26.7 Å². The molecule has 80 valence electrons. The van der Waals surface area contributed by atoms with Crippen LogP contribution in [-0.4, -0.2) is 48.6 Å². The number of carbonyl (C=O) groups is 2. The number of carboxylic acids is 1. The number of hydrogen-bond acceptors (Lipinski definition) is 3. The number of rotatable bonds is 6. The summed E-state index contributed by atoms with van der Waals surface area (Å²) in [6.45, 7) is 0.872. The third kappa shape index (κ3) is 4.23. The molecule has 1 saturated carbocycles. The second-order valence-corrected chi connectivity index (χ2v) is 3.72. The van der Waals surface area contributed by atoms with Gasteiger partial charge in [0, 0.05) is 7.05 Å². The lowest BCUT2D eigenvalue weighted by molar-refractivity contribution is -0.143. The molecule has 1 amide bonds. The highest BCUT2D eigenvalue weighted by Crippen LogP contribution is 2.27. The molecular weight excluding hydrogens is 184 g/mol. The first kappa shape index (κ1) is 11.0. The van der Waals surface area contributed by atoms with Gasteiger partial charge in [0.15, 0.2) is 0 Å². The fourth-order valence-corrected chi connectivity index (χ4v) is 1.13. The van der Waals surface area contributed by atoms with Crippen molar-refractivity contribution in [1.29, 1.82) is 0 Å². The predicted molar refractivity (Wildman–Crippen MR) is 50.9 cm³/mol. The van der Waals surface area contributed by atoms with Crippen molar-refractivity contribution in [1.82, 2.24) is 10.2 Å². The third-order valence-electron chi connectivity index (χ3n) is 2.20. The molecule has 2 N–H and O–H groups in total. The van der Waals surface area contributed by atoms with E-state index < -0.39 is 5.97 Å². The first-order valence-electron chi connectivity index (χ1n) is 4.76. The lowest BCUT2D eigenvalue weighted by atomic mass is 10.4. The van der Waals surface area contributed by atoms with Crippen molar-refractivity contribution < 1.29 is 14.7 Å². The van der Waals surface area contributed by atoms with Gasteiger partial charge in [0.05, 0.1) is 6.54 Å². The van der Waals surface area contributed by atoms with Gasteiger partial charge in [-0.3, -0.25) is 9.59 Å². The van der Waals surface area contributed by atoms with Crippen LogP contribution in [0.4, 0.5) is 0 Å². The quantitative estimate of drug-likeness (QED) is 0.608. The van der Waals surface area contributed by atoms with Crippen molar-refractivity contribution in [2.45, 2.75) is 12.8 Å². The molecule has 0 aliphatic heterocycles. The van der Waals surface area contributed by atoms with Crippen LogP contribution in [0.25, 0.3) is 0 Å². The minimum absolute atomic E-state index is 0.173. The van der Waals surface area contributed by atoms with E-state index in [2.05, 4.69) is 5.32 Å². The Hall–Kier alpha value is -1.10. The summed E-state index contributed by atoms with van der Waals surface area (Å²) < 4.78 is 0. The van der Waals surface area contributed by atoms with Gasteiger partial charge in [-0.15, -0.1) is 0 Å². The van der Waals surface area contributed by atoms with E-state index >= 15 is 0 Å². The Bertz CT molecular complexity index is 226. The number of carbonyl (C=O) groups excluding carboxylic acids is 1. The van der Waals surface area contributed by atoms with E-state index in [1.165, 1.54) is 24.8 Å². The van der Waals surface area contributed by atoms with Crippen molar-refractivity contribution >= 4 is 11.9 Å². The molecule has 0 radical (unpaired) electrons. The number of nitrogens with zero attached hydrogens (tertiary/aromatic N) is 1. The summed E-state index contributed by atoms with van der Waals surface area (Å²) in [7, 11) is 1.50. The topological polar surface area (TPSA) is 69.6 Å². The molecule has 0 saturated heterocycles. The maximum atomic E-state index is 11.3. The molecule has 0 aromatic carbocycles. The zero-order valence-corrected chi connectivity index (χ0v) is 8.32. The average Bonchev–Trinajstić information content (AvgIpc) is 2.86. The Morgan fingerprint density at radius 2 is 2.14 bits per heavy atom. The van der Waals surface area contributed by atoms with Crippen LogP contribution in [0.15, 0.2) is 0 Å². The summed E-state index contributed by atoms with van der Waals surface area (Å²) in [6, 6.07) is 0. The molecule has 0 unspecified atom stereocenters. The van der Waals surface area contributed by atoms with Crippen LogP contribution in [0.5, 0.6) is 0 Å². The summed E-state index contributed by atoms with van der Waals surface area (Å²) >= 11 is 0. The number of carboxylic acid groups (broad SMARTS) is 1. The van der Waals surface area contributed by atoms with Crippen molar-refractivity contribution in [3.8, 4) is 0 Å². The molecule has 0 aromatic rings. The minimum atomic E-state index is -0.983. The molecule has 1 aliphatic rings. The first-order chi connectivity index (χ1) is 6.59. The van der Waals surface area contributed by atoms with Gasteiger partial charge in [-0.2, -0.15) is 0 Å². The van der Waals surface area contributed by atoms with Crippen LogP contribution in [-0.2, 0) is 9.59 Å². The van der Waals surface area contributed by atoms with Gasteiger partial charge in [-0.1, -0.05) is 0 Å². The standard InChI is InChI=1S/C9H16N2O3/c1-11(6-9(13)14)8(12)5-10-4-7-2-3-7/h7,10H,2-6H2,1H3,(H,13,14). The summed E-state index contributed by atoms with van der Waals surface area (Å²) in [5.74, 6) is -0.427. The van der Waals surface area contributed by atoms with E-state index in [1.807, 2.05) is 0 Å². The van der Waals surface area contributed by atoms with Gasteiger partial charge in [0.25, 0.3) is 0 Å². The maximum Gasteiger partial charge on any atom is 0.323 e. The second-order valence-electron chi connectivity index (χ2n) is 3.72. The number of nitrogens with one attached hydrogen (secondary N) is 1. The molecule has 0 aromatic heterocycles. The van der Waals surface area contributed by atoms with E-state index in [-0.39, 0.29) is 19.0 Å². The van der Waals surface area contributed by atoms with E-state index in [0.717, 1.165) is 12.5 Å². The highest BCUT2D eigenvalue weighted by atomic mass is 16.4. The molecular formula is C9H16N2O3. The monoisotopic (exact) mass is 200 g/mol. The molecule has 0 bridgehead atoms. The molecule has 0 heterocycles. The van der Waals surface area contributed by atoms with Gasteiger partial charge in [-0.05, 0) is 25.3 Å². The lowest BCUT2D eigenvalue weighted by Crippen LogP contribution is -2.38. The normalized spacial score (nSPS) is 15.2. The SMILES string of the molecule is CN(CC(=O)O)C(=O)CNCC1CC1. The number of likely N-dealkylation sites (N-methyl/N-ethyl adjacent to an activating group) is 1. The van der Waals surface area contributed by atoms with Crippen molar-refractivity contribution in [3.05, 3.63) is 0 Å². The molecule has 0 spiro atoms. The fraction of sp³-hybridized carbons (Fsp3) is 0.778. The zero-order valence-electron chi connectivity index (χ0n) is 8.32. The Balaban J connectivity index is 2.08. The number of hydrogen-bond donors (Lipinski definition) is 2. The molecule has 0 atom stereocenters. The van der Waals surface area contributed by atoms with E-state index in [1.54, 1.807) is 0 Å². The highest BCUT2D eigenvalue weighted by molar-refractivity contribution is 5.82. The molecule has 1 rings (SSSR count). The summed E-state index contributed by atoms with van der Waals surface area (Å²) in [6.07, 6.45) is 2.48. The summed E-state index contributed by atoms with van der Waals surface area (Å²) in [4.78, 5) is 22.8. The molecule has 5 heteroatoms. The van der Waals surface area contributed by atoms with Gasteiger partial charge in [0.2, 0.25) is 5.91 Å². The Morgan fingerprint density at radius 1 is 1.50 bits per heavy atom. The summed E-state index contributed by atoms with van der Waals surface area (Å²) in [5, 5.41) is 11.5. The van der Waals surface area contributed by atoms with Crippen LogP contribution in [0.1, 0.15) is 12.8 Å². The second kappa shape index (κ2) is 4.95. The van der Waals surface area contributed by atoms with Crippen molar-refractivity contribution in [2.24, 2.45) is 5.92 Å². The zero-order chi connectivity index (χ0) is 10.6. The largest absolute Gasteiger partial charge is 0.480 e. The fourth-order valence-electron chi connectivity index (χ4n) is 1.13. The maximum absolute atomic E-state index is 11.3. The van der Waals surface area contributed by atoms with E-state index in [9.17, 15) is 9.59 Å². The van der Waals surface area contributed by atoms with Crippen LogP contribution in [0, 0.1) is 5.92 Å². The Labute approximate surface area is 83.1 Å². The van der Waals surface area contributed by atoms with Crippen LogP contribution in [0.3, 0.4) is 0 Å². The molecule has 14 heavy (non-hydrogen) atoms. The summed E-state index contributed by atoms with van der Waals surface area (Å²) in [5.41, 5.74) is 0. The van der Waals surface area contributed by atoms with Crippen LogP contribution >= 0.6 is 0 Å². The van der Waals surface area contributed by atoms with E-state index in [4.69, 9.17) is 5.11 Å². The predicted octanol–water partition coefficient (Wildman–Crippen LogP) is -0.471. The van der Waals surface area contributed by atoms with Gasteiger partial charge in [0.1, 0.15) is 6.54 Å². The lowest BCUT2D eigenvalue weighted by Gasteiger charge is -2.14. The van der Waals surface area contributed by atoms with Crippen LogP contribution in [0.2, 0.25) is 0 Å². The number of amides is 1. The van der Waals surface area contributed by atoms with E-state index in [0.29, 0.717) is 0 Å².